The number of hydrogen-bond donors (Lipinski definition) is 1. The van der Waals surface area contributed by atoms with E-state index in [4.69, 9.17) is 4.74 Å². The van der Waals surface area contributed by atoms with Crippen molar-refractivity contribution < 1.29 is 18.7 Å². The standard InChI is InChI=1S/C24H29FN2O3/c1-5-27(23(29)30-24(2,3)4)15-16-10-6-9-13-21(16)26-22(28)19-14-18(19)17-11-7-8-12-20(17)25/h6-13,18-19H,5,14-15H2,1-4H3,(H,26,28). The van der Waals surface area contributed by atoms with Gasteiger partial charge in [-0.1, -0.05) is 36.4 Å². The van der Waals surface area contributed by atoms with Gasteiger partial charge in [0.25, 0.3) is 0 Å². The molecule has 0 spiro atoms. The monoisotopic (exact) mass is 412 g/mol. The predicted octanol–water partition coefficient (Wildman–Crippen LogP) is 5.32. The van der Waals surface area contributed by atoms with Gasteiger partial charge in [0.05, 0.1) is 6.54 Å². The Balaban J connectivity index is 1.67. The molecular formula is C24H29FN2O3. The SMILES string of the molecule is CCN(Cc1ccccc1NC(=O)C1CC1c1ccccc1F)C(=O)OC(C)(C)C. The van der Waals surface area contributed by atoms with Crippen LogP contribution in [0.3, 0.4) is 0 Å². The molecule has 0 aromatic heterocycles. The van der Waals surface area contributed by atoms with Gasteiger partial charge in [-0.05, 0) is 63.3 Å². The maximum atomic E-state index is 14.0. The quantitative estimate of drug-likeness (QED) is 0.698. The maximum Gasteiger partial charge on any atom is 0.410 e. The Morgan fingerprint density at radius 3 is 2.47 bits per heavy atom. The number of nitrogens with one attached hydrogen (secondary N) is 1. The molecule has 1 fully saturated rings. The number of carbonyl (C=O) groups is 2. The Kier molecular flexibility index (Phi) is 6.44. The van der Waals surface area contributed by atoms with Crippen molar-refractivity contribution in [2.75, 3.05) is 11.9 Å². The maximum absolute atomic E-state index is 14.0. The Bertz CT molecular complexity index is 923. The fourth-order valence-corrected chi connectivity index (χ4v) is 3.45. The number of para-hydroxylation sites is 1. The van der Waals surface area contributed by atoms with E-state index in [1.165, 1.54) is 6.07 Å². The van der Waals surface area contributed by atoms with Gasteiger partial charge >= 0.3 is 6.09 Å². The van der Waals surface area contributed by atoms with E-state index in [0.717, 1.165) is 5.56 Å². The first kappa shape index (κ1) is 21.8. The third-order valence-electron chi connectivity index (χ3n) is 5.10. The topological polar surface area (TPSA) is 58.6 Å². The molecule has 0 saturated heterocycles. The second kappa shape index (κ2) is 8.86. The average Bonchev–Trinajstić information content (AvgIpc) is 3.47. The van der Waals surface area contributed by atoms with Crippen LogP contribution in [0.15, 0.2) is 48.5 Å². The van der Waals surface area contributed by atoms with Gasteiger partial charge in [-0.15, -0.1) is 0 Å². The second-order valence-corrected chi connectivity index (χ2v) is 8.61. The molecule has 0 heterocycles. The molecule has 2 unspecified atom stereocenters. The molecule has 2 amide bonds. The van der Waals surface area contributed by atoms with E-state index in [1.54, 1.807) is 23.1 Å². The van der Waals surface area contributed by atoms with Crippen LogP contribution in [-0.2, 0) is 16.1 Å². The molecule has 0 aliphatic heterocycles. The van der Waals surface area contributed by atoms with Crippen molar-refractivity contribution in [3.8, 4) is 0 Å². The van der Waals surface area contributed by atoms with Crippen LogP contribution in [0.4, 0.5) is 14.9 Å². The molecule has 160 valence electrons. The molecule has 30 heavy (non-hydrogen) atoms. The summed E-state index contributed by atoms with van der Waals surface area (Å²) < 4.78 is 19.5. The Labute approximate surface area is 177 Å². The zero-order valence-corrected chi connectivity index (χ0v) is 17.9. The first-order chi connectivity index (χ1) is 14.2. The lowest BCUT2D eigenvalue weighted by Gasteiger charge is -2.27. The van der Waals surface area contributed by atoms with Gasteiger partial charge in [-0.3, -0.25) is 4.79 Å². The summed E-state index contributed by atoms with van der Waals surface area (Å²) in [6.07, 6.45) is 0.237. The summed E-state index contributed by atoms with van der Waals surface area (Å²) in [7, 11) is 0. The molecule has 2 aromatic carbocycles. The third-order valence-corrected chi connectivity index (χ3v) is 5.10. The van der Waals surface area contributed by atoms with Crippen LogP contribution >= 0.6 is 0 Å². The van der Waals surface area contributed by atoms with E-state index in [2.05, 4.69) is 5.32 Å². The second-order valence-electron chi connectivity index (χ2n) is 8.61. The van der Waals surface area contributed by atoms with Crippen LogP contribution in [-0.4, -0.2) is 29.0 Å². The zero-order valence-electron chi connectivity index (χ0n) is 17.9. The smallest absolute Gasteiger partial charge is 0.410 e. The highest BCUT2D eigenvalue weighted by Crippen LogP contribution is 2.48. The summed E-state index contributed by atoms with van der Waals surface area (Å²) in [5.74, 6) is -0.736. The summed E-state index contributed by atoms with van der Waals surface area (Å²) in [5, 5.41) is 2.97. The van der Waals surface area contributed by atoms with Crippen LogP contribution in [0.2, 0.25) is 0 Å². The van der Waals surface area contributed by atoms with Crippen LogP contribution in [0.5, 0.6) is 0 Å². The van der Waals surface area contributed by atoms with Crippen molar-refractivity contribution in [1.82, 2.24) is 4.90 Å². The average molecular weight is 413 g/mol. The third kappa shape index (κ3) is 5.38. The summed E-state index contributed by atoms with van der Waals surface area (Å²) in [4.78, 5) is 26.8. The predicted molar refractivity (Wildman–Crippen MR) is 115 cm³/mol. The molecule has 1 N–H and O–H groups in total. The number of halogens is 1. The molecule has 0 radical (unpaired) electrons. The number of amides is 2. The fraction of sp³-hybridized carbons (Fsp3) is 0.417. The number of benzene rings is 2. The Morgan fingerprint density at radius 1 is 1.13 bits per heavy atom. The molecular weight excluding hydrogens is 383 g/mol. The van der Waals surface area contributed by atoms with Gasteiger partial charge in [0.15, 0.2) is 0 Å². The van der Waals surface area contributed by atoms with Crippen LogP contribution in [0, 0.1) is 11.7 Å². The highest BCUT2D eigenvalue weighted by Gasteiger charge is 2.45. The van der Waals surface area contributed by atoms with E-state index >= 15 is 0 Å². The Morgan fingerprint density at radius 2 is 1.80 bits per heavy atom. The van der Waals surface area contributed by atoms with Crippen LogP contribution in [0.25, 0.3) is 0 Å². The number of rotatable bonds is 6. The van der Waals surface area contributed by atoms with Crippen molar-refractivity contribution in [2.45, 2.75) is 52.2 Å². The van der Waals surface area contributed by atoms with E-state index < -0.39 is 11.7 Å². The molecule has 2 aromatic rings. The lowest BCUT2D eigenvalue weighted by molar-refractivity contribution is -0.117. The van der Waals surface area contributed by atoms with Crippen LogP contribution in [0.1, 0.15) is 51.2 Å². The molecule has 0 bridgehead atoms. The van der Waals surface area contributed by atoms with Crippen molar-refractivity contribution in [1.29, 1.82) is 0 Å². The van der Waals surface area contributed by atoms with Gasteiger partial charge in [0.1, 0.15) is 11.4 Å². The summed E-state index contributed by atoms with van der Waals surface area (Å²) >= 11 is 0. The molecule has 2 atom stereocenters. The first-order valence-corrected chi connectivity index (χ1v) is 10.3. The van der Waals surface area contributed by atoms with E-state index in [1.807, 2.05) is 52.0 Å². The highest BCUT2D eigenvalue weighted by atomic mass is 19.1. The first-order valence-electron chi connectivity index (χ1n) is 10.3. The van der Waals surface area contributed by atoms with Crippen molar-refractivity contribution in [3.05, 3.63) is 65.5 Å². The van der Waals surface area contributed by atoms with Gasteiger partial charge in [-0.25, -0.2) is 9.18 Å². The molecule has 5 nitrogen and oxygen atoms in total. The highest BCUT2D eigenvalue weighted by molar-refractivity contribution is 5.96. The lowest BCUT2D eigenvalue weighted by Crippen LogP contribution is -2.36. The van der Waals surface area contributed by atoms with Gasteiger partial charge in [0, 0.05) is 18.2 Å². The zero-order chi connectivity index (χ0) is 21.9. The normalized spacial score (nSPS) is 17.9. The minimum atomic E-state index is -0.577. The van der Waals surface area contributed by atoms with E-state index in [-0.39, 0.29) is 23.6 Å². The largest absolute Gasteiger partial charge is 0.444 e. The molecule has 1 aliphatic carbocycles. The van der Waals surface area contributed by atoms with Crippen molar-refractivity contribution >= 4 is 17.7 Å². The number of nitrogens with zero attached hydrogens (tertiary/aromatic N) is 1. The molecule has 6 heteroatoms. The molecule has 1 saturated carbocycles. The van der Waals surface area contributed by atoms with Crippen molar-refractivity contribution in [2.24, 2.45) is 5.92 Å². The molecule has 1 aliphatic rings. The number of carbonyl (C=O) groups excluding carboxylic acids is 2. The number of hydrogen-bond acceptors (Lipinski definition) is 3. The van der Waals surface area contributed by atoms with Gasteiger partial charge < -0.3 is 15.0 Å². The summed E-state index contributed by atoms with van der Waals surface area (Å²) in [5.41, 5.74) is 1.49. The summed E-state index contributed by atoms with van der Waals surface area (Å²) in [6, 6.07) is 14.0. The van der Waals surface area contributed by atoms with Crippen molar-refractivity contribution in [3.63, 3.8) is 0 Å². The van der Waals surface area contributed by atoms with E-state index in [0.29, 0.717) is 30.8 Å². The minimum Gasteiger partial charge on any atom is -0.444 e. The lowest BCUT2D eigenvalue weighted by atomic mass is 10.1. The molecule has 3 rings (SSSR count). The number of anilines is 1. The fourth-order valence-electron chi connectivity index (χ4n) is 3.45. The van der Waals surface area contributed by atoms with Gasteiger partial charge in [0.2, 0.25) is 5.91 Å². The van der Waals surface area contributed by atoms with Gasteiger partial charge in [-0.2, -0.15) is 0 Å². The number of ether oxygens (including phenoxy) is 1. The van der Waals surface area contributed by atoms with Crippen LogP contribution < -0.4 is 5.32 Å². The summed E-state index contributed by atoms with van der Waals surface area (Å²) in [6.45, 7) is 8.17. The Hall–Kier alpha value is -2.89. The van der Waals surface area contributed by atoms with E-state index in [9.17, 15) is 14.0 Å². The minimum absolute atomic E-state index is 0.0905.